The predicted octanol–water partition coefficient (Wildman–Crippen LogP) is 4.54. The quantitative estimate of drug-likeness (QED) is 0.522. The summed E-state index contributed by atoms with van der Waals surface area (Å²) >= 11 is 0. The Bertz CT molecular complexity index is 1290. The summed E-state index contributed by atoms with van der Waals surface area (Å²) in [7, 11) is -3.94. The first-order valence-electron chi connectivity index (χ1n) is 11.3. The average Bonchev–Trinajstić information content (AvgIpc) is 2.78. The molecule has 0 saturated heterocycles. The van der Waals surface area contributed by atoms with Crippen molar-refractivity contribution in [1.82, 2.24) is 4.31 Å². The van der Waals surface area contributed by atoms with Crippen LogP contribution in [0, 0.1) is 27.7 Å². The van der Waals surface area contributed by atoms with Gasteiger partial charge >= 0.3 is 0 Å². The molecule has 6 nitrogen and oxygen atoms in total. The van der Waals surface area contributed by atoms with E-state index >= 15 is 0 Å². The van der Waals surface area contributed by atoms with Gasteiger partial charge in [0, 0.05) is 6.54 Å². The number of hydrogen-bond donors (Lipinski definition) is 0. The number of rotatable bonds is 6. The molecule has 0 fully saturated rings. The van der Waals surface area contributed by atoms with Crippen molar-refractivity contribution in [2.45, 2.75) is 39.1 Å². The second-order valence-electron chi connectivity index (χ2n) is 8.85. The van der Waals surface area contributed by atoms with Crippen LogP contribution in [0.4, 0.5) is 5.69 Å². The molecule has 0 bridgehead atoms. The predicted molar refractivity (Wildman–Crippen MR) is 134 cm³/mol. The van der Waals surface area contributed by atoms with Gasteiger partial charge in [-0.2, -0.15) is 4.31 Å². The molecule has 0 unspecified atom stereocenters. The Labute approximate surface area is 201 Å². The van der Waals surface area contributed by atoms with E-state index in [1.54, 1.807) is 18.7 Å². The van der Waals surface area contributed by atoms with Gasteiger partial charge in [0.2, 0.25) is 15.9 Å². The third-order valence-corrected chi connectivity index (χ3v) is 8.12. The van der Waals surface area contributed by atoms with Crippen molar-refractivity contribution in [2.24, 2.45) is 0 Å². The minimum absolute atomic E-state index is 0.104. The molecule has 178 valence electrons. The van der Waals surface area contributed by atoms with E-state index < -0.39 is 10.0 Å². The van der Waals surface area contributed by atoms with E-state index in [1.165, 1.54) is 4.31 Å². The lowest BCUT2D eigenvalue weighted by molar-refractivity contribution is -0.119. The molecule has 1 amide bonds. The van der Waals surface area contributed by atoms with Gasteiger partial charge in [0.25, 0.3) is 0 Å². The highest BCUT2D eigenvalue weighted by molar-refractivity contribution is 7.89. The van der Waals surface area contributed by atoms with Crippen molar-refractivity contribution in [3.63, 3.8) is 0 Å². The van der Waals surface area contributed by atoms with Gasteiger partial charge in [-0.25, -0.2) is 8.42 Å². The second-order valence-corrected chi connectivity index (χ2v) is 10.7. The van der Waals surface area contributed by atoms with E-state index in [1.807, 2.05) is 74.5 Å². The van der Waals surface area contributed by atoms with Crippen LogP contribution in [-0.4, -0.2) is 38.3 Å². The zero-order chi connectivity index (χ0) is 24.5. The molecule has 0 aliphatic carbocycles. The van der Waals surface area contributed by atoms with Crippen LogP contribution in [-0.2, 0) is 21.4 Å². The van der Waals surface area contributed by atoms with Crippen LogP contribution in [0.3, 0.4) is 0 Å². The SMILES string of the molecule is Cc1ccc(CN(CC(=O)N2CCOc3ccccc32)S(=O)(=O)c2c(C)cc(C)cc2C)cc1. The maximum atomic E-state index is 14.0. The zero-order valence-corrected chi connectivity index (χ0v) is 20.9. The molecule has 1 aliphatic rings. The fourth-order valence-electron chi connectivity index (χ4n) is 4.49. The highest BCUT2D eigenvalue weighted by Gasteiger charge is 2.33. The van der Waals surface area contributed by atoms with Crippen molar-refractivity contribution < 1.29 is 17.9 Å². The number of nitrogens with zero attached hydrogens (tertiary/aromatic N) is 2. The standard InChI is InChI=1S/C27H30N2O4S/c1-19-9-11-23(12-10-19)17-28(34(31,32)27-21(3)15-20(2)16-22(27)4)18-26(30)29-13-14-33-25-8-6-5-7-24(25)29/h5-12,15-16H,13-14,17-18H2,1-4H3. The summed E-state index contributed by atoms with van der Waals surface area (Å²) < 4.78 is 34.9. The Hall–Kier alpha value is -3.16. The van der Waals surface area contributed by atoms with Gasteiger partial charge < -0.3 is 9.64 Å². The summed E-state index contributed by atoms with van der Waals surface area (Å²) in [5.74, 6) is 0.342. The number of ether oxygens (including phenoxy) is 1. The molecule has 3 aromatic carbocycles. The summed E-state index contributed by atoms with van der Waals surface area (Å²) in [6.45, 7) is 8.11. The molecule has 3 aromatic rings. The molecule has 1 heterocycles. The first-order chi connectivity index (χ1) is 16.2. The Morgan fingerprint density at radius 1 is 0.941 bits per heavy atom. The summed E-state index contributed by atoms with van der Waals surface area (Å²) in [5, 5.41) is 0. The summed E-state index contributed by atoms with van der Waals surface area (Å²) in [6.07, 6.45) is 0. The van der Waals surface area contributed by atoms with E-state index in [-0.39, 0.29) is 23.9 Å². The molecular formula is C27H30N2O4S. The molecule has 0 aromatic heterocycles. The monoisotopic (exact) mass is 478 g/mol. The van der Waals surface area contributed by atoms with E-state index in [9.17, 15) is 13.2 Å². The van der Waals surface area contributed by atoms with E-state index in [2.05, 4.69) is 0 Å². The number of fused-ring (bicyclic) bond motifs is 1. The summed E-state index contributed by atoms with van der Waals surface area (Å²) in [5.41, 5.74) is 4.93. The Balaban J connectivity index is 1.72. The van der Waals surface area contributed by atoms with Gasteiger partial charge in [0.05, 0.1) is 23.7 Å². The lowest BCUT2D eigenvalue weighted by Gasteiger charge is -2.32. The fraction of sp³-hybridized carbons (Fsp3) is 0.296. The first-order valence-corrected chi connectivity index (χ1v) is 12.8. The summed E-state index contributed by atoms with van der Waals surface area (Å²) in [6, 6.07) is 18.8. The number of amides is 1. The molecule has 0 saturated carbocycles. The van der Waals surface area contributed by atoms with Gasteiger partial charge in [-0.15, -0.1) is 0 Å². The van der Waals surface area contributed by atoms with Gasteiger partial charge in [-0.1, -0.05) is 59.7 Å². The van der Waals surface area contributed by atoms with Crippen LogP contribution in [0.1, 0.15) is 27.8 Å². The molecule has 1 aliphatic heterocycles. The number of sulfonamides is 1. The van der Waals surface area contributed by atoms with Crippen molar-refractivity contribution in [3.05, 3.63) is 88.5 Å². The number of aryl methyl sites for hydroxylation is 4. The van der Waals surface area contributed by atoms with Crippen LogP contribution in [0.15, 0.2) is 65.6 Å². The molecule has 0 spiro atoms. The van der Waals surface area contributed by atoms with Crippen molar-refractivity contribution in [1.29, 1.82) is 0 Å². The van der Waals surface area contributed by atoms with Gasteiger partial charge in [-0.05, 0) is 56.5 Å². The fourth-order valence-corrected chi connectivity index (χ4v) is 6.28. The normalized spacial score (nSPS) is 13.5. The second kappa shape index (κ2) is 9.60. The van der Waals surface area contributed by atoms with E-state index in [0.717, 1.165) is 16.7 Å². The highest BCUT2D eigenvalue weighted by Crippen LogP contribution is 2.32. The topological polar surface area (TPSA) is 66.9 Å². The van der Waals surface area contributed by atoms with Gasteiger partial charge in [-0.3, -0.25) is 4.79 Å². The van der Waals surface area contributed by atoms with E-state index in [0.29, 0.717) is 35.7 Å². The van der Waals surface area contributed by atoms with Crippen LogP contribution < -0.4 is 9.64 Å². The summed E-state index contributed by atoms with van der Waals surface area (Å²) in [4.78, 5) is 15.4. The number of anilines is 1. The Morgan fingerprint density at radius 2 is 1.59 bits per heavy atom. The van der Waals surface area contributed by atoms with Crippen LogP contribution in [0.25, 0.3) is 0 Å². The molecule has 4 rings (SSSR count). The number of carbonyl (C=O) groups excluding carboxylic acids is 1. The highest BCUT2D eigenvalue weighted by atomic mass is 32.2. The van der Waals surface area contributed by atoms with E-state index in [4.69, 9.17) is 4.74 Å². The number of para-hydroxylation sites is 2. The minimum atomic E-state index is -3.94. The van der Waals surface area contributed by atoms with Gasteiger partial charge in [0.15, 0.2) is 0 Å². The number of carbonyl (C=O) groups is 1. The van der Waals surface area contributed by atoms with Crippen molar-refractivity contribution in [2.75, 3.05) is 24.6 Å². The third kappa shape index (κ3) is 4.86. The molecule has 0 radical (unpaired) electrons. The Morgan fingerprint density at radius 3 is 2.26 bits per heavy atom. The lowest BCUT2D eigenvalue weighted by atomic mass is 10.1. The first kappa shape index (κ1) is 24.0. The van der Waals surface area contributed by atoms with Crippen molar-refractivity contribution >= 4 is 21.6 Å². The molecule has 0 N–H and O–H groups in total. The maximum absolute atomic E-state index is 14.0. The lowest BCUT2D eigenvalue weighted by Crippen LogP contribution is -2.45. The average molecular weight is 479 g/mol. The van der Waals surface area contributed by atoms with Crippen LogP contribution in [0.5, 0.6) is 5.75 Å². The minimum Gasteiger partial charge on any atom is -0.490 e. The molecule has 7 heteroatoms. The Kier molecular flexibility index (Phi) is 6.77. The molecular weight excluding hydrogens is 448 g/mol. The maximum Gasteiger partial charge on any atom is 0.244 e. The zero-order valence-electron chi connectivity index (χ0n) is 20.0. The third-order valence-electron chi connectivity index (χ3n) is 6.02. The largest absolute Gasteiger partial charge is 0.490 e. The smallest absolute Gasteiger partial charge is 0.244 e. The molecule has 34 heavy (non-hydrogen) atoms. The van der Waals surface area contributed by atoms with Crippen molar-refractivity contribution in [3.8, 4) is 5.75 Å². The molecule has 0 atom stereocenters. The van der Waals surface area contributed by atoms with Gasteiger partial charge in [0.1, 0.15) is 12.4 Å². The van der Waals surface area contributed by atoms with Crippen LogP contribution in [0.2, 0.25) is 0 Å². The number of hydrogen-bond acceptors (Lipinski definition) is 4. The number of benzene rings is 3. The van der Waals surface area contributed by atoms with Crippen LogP contribution >= 0.6 is 0 Å².